The molecule has 2 heterocycles. The van der Waals surface area contributed by atoms with Gasteiger partial charge in [0.25, 0.3) is 0 Å². The molecule has 0 aliphatic carbocycles. The number of anilines is 1. The molecule has 8 nitrogen and oxygen atoms in total. The fourth-order valence-electron chi connectivity index (χ4n) is 2.06. The summed E-state index contributed by atoms with van der Waals surface area (Å²) < 4.78 is 24.6. The van der Waals surface area contributed by atoms with E-state index in [9.17, 15) is 18.5 Å². The van der Waals surface area contributed by atoms with E-state index in [0.717, 1.165) is 0 Å². The maximum absolute atomic E-state index is 11.6. The number of pyridine rings is 1. The van der Waals surface area contributed by atoms with Crippen LogP contribution in [0, 0.1) is 10.1 Å². The van der Waals surface area contributed by atoms with Gasteiger partial charge in [0.05, 0.1) is 4.92 Å². The molecule has 0 unspecified atom stereocenters. The first kappa shape index (κ1) is 14.9. The summed E-state index contributed by atoms with van der Waals surface area (Å²) >= 11 is 5.41. The highest BCUT2D eigenvalue weighted by atomic mass is 35.5. The van der Waals surface area contributed by atoms with Crippen LogP contribution in [0.5, 0.6) is 0 Å². The Kier molecular flexibility index (Phi) is 4.41. The highest BCUT2D eigenvalue weighted by Gasteiger charge is 2.28. The third-order valence-electron chi connectivity index (χ3n) is 3.09. The minimum absolute atomic E-state index is 0.0823. The van der Waals surface area contributed by atoms with Gasteiger partial charge in [-0.25, -0.2) is 8.42 Å². The maximum atomic E-state index is 11.6. The lowest BCUT2D eigenvalue weighted by Gasteiger charge is -2.34. The number of alkyl halides is 1. The second-order valence-corrected chi connectivity index (χ2v) is 6.78. The highest BCUT2D eigenvalue weighted by Crippen LogP contribution is 2.27. The normalized spacial score (nSPS) is 17.1. The first-order chi connectivity index (χ1) is 9.45. The molecule has 1 saturated heterocycles. The average molecular weight is 321 g/mol. The zero-order valence-electron chi connectivity index (χ0n) is 10.5. The van der Waals surface area contributed by atoms with Gasteiger partial charge in [-0.2, -0.15) is 4.31 Å². The Morgan fingerprint density at radius 1 is 1.35 bits per heavy atom. The van der Waals surface area contributed by atoms with Crippen LogP contribution < -0.4 is 4.90 Å². The summed E-state index contributed by atoms with van der Waals surface area (Å²) in [5, 5.41) is 10.5. The summed E-state index contributed by atoms with van der Waals surface area (Å²) in [4.78, 5) is 16.0. The Labute approximate surface area is 121 Å². The van der Waals surface area contributed by atoms with Crippen molar-refractivity contribution in [2.75, 3.05) is 36.3 Å². The third-order valence-corrected chi connectivity index (χ3v) is 5.34. The van der Waals surface area contributed by atoms with Crippen LogP contribution in [0.2, 0.25) is 0 Å². The van der Waals surface area contributed by atoms with Crippen LogP contribution in [0.4, 0.5) is 11.4 Å². The van der Waals surface area contributed by atoms with Crippen LogP contribution in [0.1, 0.15) is 0 Å². The van der Waals surface area contributed by atoms with Gasteiger partial charge in [-0.1, -0.05) is 0 Å². The molecule has 10 heteroatoms. The maximum Gasteiger partial charge on any atom is 0.310 e. The van der Waals surface area contributed by atoms with Crippen molar-refractivity contribution < 1.29 is 13.3 Å². The highest BCUT2D eigenvalue weighted by molar-refractivity contribution is 7.90. The molecule has 0 saturated carbocycles. The van der Waals surface area contributed by atoms with E-state index in [1.54, 1.807) is 11.0 Å². The molecule has 0 aromatic carbocycles. The number of nitrogens with zero attached hydrogens (tertiary/aromatic N) is 4. The molecule has 20 heavy (non-hydrogen) atoms. The molecule has 110 valence electrons. The molecule has 0 N–H and O–H groups in total. The van der Waals surface area contributed by atoms with E-state index in [1.165, 1.54) is 16.7 Å². The van der Waals surface area contributed by atoms with Gasteiger partial charge in [0.2, 0.25) is 10.0 Å². The quantitative estimate of drug-likeness (QED) is 0.459. The minimum Gasteiger partial charge on any atom is -0.363 e. The molecule has 1 aliphatic rings. The average Bonchev–Trinajstić information content (AvgIpc) is 2.47. The lowest BCUT2D eigenvalue weighted by molar-refractivity contribution is -0.384. The Bertz CT molecular complexity index is 601. The van der Waals surface area contributed by atoms with E-state index in [4.69, 9.17) is 11.6 Å². The molecule has 0 atom stereocenters. The first-order valence-corrected chi connectivity index (χ1v) is 7.97. The van der Waals surface area contributed by atoms with E-state index >= 15 is 0 Å². The molecule has 0 spiro atoms. The summed E-state index contributed by atoms with van der Waals surface area (Å²) in [5.74, 6) is 0. The standard InChI is InChI=1S/C10H13ClN4O4S/c11-8-20(18,19)14-5-3-13(4-6-14)9-1-2-12-7-10(9)15(16)17/h1-2,7H,3-6,8H2. The van der Waals surface area contributed by atoms with E-state index < -0.39 is 20.2 Å². The fourth-order valence-corrected chi connectivity index (χ4v) is 3.33. The van der Waals surface area contributed by atoms with Crippen molar-refractivity contribution >= 4 is 33.0 Å². The summed E-state index contributed by atoms with van der Waals surface area (Å²) in [5.41, 5.74) is 0.370. The van der Waals surface area contributed by atoms with Gasteiger partial charge < -0.3 is 4.90 Å². The van der Waals surface area contributed by atoms with Crippen molar-refractivity contribution in [1.29, 1.82) is 0 Å². The SMILES string of the molecule is O=[N+]([O-])c1cnccc1N1CCN(S(=O)(=O)CCl)CC1. The molecule has 1 aromatic heterocycles. The van der Waals surface area contributed by atoms with Gasteiger partial charge >= 0.3 is 5.69 Å². The van der Waals surface area contributed by atoms with Crippen LogP contribution in [0.15, 0.2) is 18.5 Å². The largest absolute Gasteiger partial charge is 0.363 e. The lowest BCUT2D eigenvalue weighted by Crippen LogP contribution is -2.49. The molecule has 1 aliphatic heterocycles. The van der Waals surface area contributed by atoms with E-state index in [1.807, 2.05) is 0 Å². The molecule has 1 aromatic rings. The summed E-state index contributed by atoms with van der Waals surface area (Å²) in [6.45, 7) is 1.27. The number of rotatable bonds is 4. The topological polar surface area (TPSA) is 96.7 Å². The zero-order chi connectivity index (χ0) is 14.8. The van der Waals surface area contributed by atoms with Crippen molar-refractivity contribution in [3.05, 3.63) is 28.6 Å². The number of sulfonamides is 1. The van der Waals surface area contributed by atoms with Gasteiger partial charge in [-0.05, 0) is 6.07 Å². The Morgan fingerprint density at radius 3 is 2.55 bits per heavy atom. The Balaban J connectivity index is 2.14. The van der Waals surface area contributed by atoms with Gasteiger partial charge in [0.15, 0.2) is 0 Å². The van der Waals surface area contributed by atoms with Crippen LogP contribution in [0.25, 0.3) is 0 Å². The van der Waals surface area contributed by atoms with Crippen molar-refractivity contribution in [3.8, 4) is 0 Å². The lowest BCUT2D eigenvalue weighted by atomic mass is 10.2. The van der Waals surface area contributed by atoms with Crippen LogP contribution >= 0.6 is 11.6 Å². The predicted molar refractivity (Wildman–Crippen MR) is 74.3 cm³/mol. The van der Waals surface area contributed by atoms with Gasteiger partial charge in [0.1, 0.15) is 17.1 Å². The van der Waals surface area contributed by atoms with Crippen LogP contribution in [0.3, 0.4) is 0 Å². The van der Waals surface area contributed by atoms with Crippen LogP contribution in [-0.4, -0.2) is 54.0 Å². The zero-order valence-corrected chi connectivity index (χ0v) is 12.0. The predicted octanol–water partition coefficient (Wildman–Crippen LogP) is 0.638. The summed E-state index contributed by atoms with van der Waals surface area (Å²) in [7, 11) is -3.43. The molecular weight excluding hydrogens is 308 g/mol. The van der Waals surface area contributed by atoms with E-state index in [0.29, 0.717) is 18.8 Å². The van der Waals surface area contributed by atoms with E-state index in [-0.39, 0.29) is 18.8 Å². The number of piperazine rings is 1. The smallest absolute Gasteiger partial charge is 0.310 e. The van der Waals surface area contributed by atoms with Gasteiger partial charge in [-0.15, -0.1) is 11.6 Å². The third kappa shape index (κ3) is 3.00. The molecule has 1 fully saturated rings. The Morgan fingerprint density at radius 2 is 2.00 bits per heavy atom. The van der Waals surface area contributed by atoms with Crippen molar-refractivity contribution in [2.24, 2.45) is 0 Å². The molecule has 0 bridgehead atoms. The first-order valence-electron chi connectivity index (χ1n) is 5.83. The van der Waals surface area contributed by atoms with Crippen molar-refractivity contribution in [3.63, 3.8) is 0 Å². The summed E-state index contributed by atoms with van der Waals surface area (Å²) in [6, 6.07) is 1.56. The van der Waals surface area contributed by atoms with E-state index in [2.05, 4.69) is 4.98 Å². The number of halogens is 1. The number of nitro groups is 1. The van der Waals surface area contributed by atoms with Gasteiger partial charge in [0, 0.05) is 32.4 Å². The van der Waals surface area contributed by atoms with Crippen molar-refractivity contribution in [1.82, 2.24) is 9.29 Å². The second kappa shape index (κ2) is 5.90. The number of hydrogen-bond donors (Lipinski definition) is 0. The molecular formula is C10H13ClN4O4S. The fraction of sp³-hybridized carbons (Fsp3) is 0.500. The number of aromatic nitrogens is 1. The molecule has 2 rings (SSSR count). The van der Waals surface area contributed by atoms with Gasteiger partial charge in [-0.3, -0.25) is 15.1 Å². The van der Waals surface area contributed by atoms with Crippen LogP contribution in [-0.2, 0) is 10.0 Å². The Hall–Kier alpha value is -1.45. The number of hydrogen-bond acceptors (Lipinski definition) is 6. The minimum atomic E-state index is -3.43. The van der Waals surface area contributed by atoms with Crippen molar-refractivity contribution in [2.45, 2.75) is 0 Å². The second-order valence-electron chi connectivity index (χ2n) is 4.23. The summed E-state index contributed by atoms with van der Waals surface area (Å²) in [6.07, 6.45) is 2.67. The molecule has 0 amide bonds. The monoisotopic (exact) mass is 320 g/mol. The molecule has 0 radical (unpaired) electrons.